The first-order valence-electron chi connectivity index (χ1n) is 5.03. The summed E-state index contributed by atoms with van der Waals surface area (Å²) in [4.78, 5) is 4.49. The number of nitrogens with two attached hydrogens (primary N) is 1. The van der Waals surface area contributed by atoms with Crippen LogP contribution < -0.4 is 5.73 Å². The zero-order valence-corrected chi connectivity index (χ0v) is 9.27. The monoisotopic (exact) mass is 212 g/mol. The molecule has 1 aliphatic heterocycles. The third-order valence-corrected chi connectivity index (χ3v) is 3.82. The van der Waals surface area contributed by atoms with Crippen LogP contribution in [0.3, 0.4) is 0 Å². The number of ether oxygens (including phenoxy) is 1. The minimum atomic E-state index is -0.156. The van der Waals surface area contributed by atoms with Gasteiger partial charge in [0, 0.05) is 18.5 Å². The van der Waals surface area contributed by atoms with Gasteiger partial charge < -0.3 is 10.5 Å². The van der Waals surface area contributed by atoms with Crippen LogP contribution in [0, 0.1) is 0 Å². The summed E-state index contributed by atoms with van der Waals surface area (Å²) in [6.07, 6.45) is 3.48. The van der Waals surface area contributed by atoms with Crippen molar-refractivity contribution in [2.45, 2.75) is 38.3 Å². The van der Waals surface area contributed by atoms with Gasteiger partial charge in [-0.15, -0.1) is 11.3 Å². The van der Waals surface area contributed by atoms with E-state index in [9.17, 15) is 0 Å². The van der Waals surface area contributed by atoms with Crippen LogP contribution in [0.15, 0.2) is 5.38 Å². The normalized spacial score (nSPS) is 27.9. The largest absolute Gasteiger partial charge is 0.368 e. The van der Waals surface area contributed by atoms with Crippen LogP contribution in [0.2, 0.25) is 0 Å². The highest BCUT2D eigenvalue weighted by Gasteiger charge is 2.32. The Labute approximate surface area is 88.3 Å². The van der Waals surface area contributed by atoms with Gasteiger partial charge >= 0.3 is 0 Å². The molecule has 0 radical (unpaired) electrons. The van der Waals surface area contributed by atoms with Gasteiger partial charge in [-0.05, 0) is 26.2 Å². The summed E-state index contributed by atoms with van der Waals surface area (Å²) in [7, 11) is 0. The van der Waals surface area contributed by atoms with Gasteiger partial charge in [-0.2, -0.15) is 0 Å². The van der Waals surface area contributed by atoms with Gasteiger partial charge in [0.2, 0.25) is 0 Å². The van der Waals surface area contributed by atoms with Crippen LogP contribution in [0.4, 0.5) is 0 Å². The molecular formula is C10H16N2OS. The molecule has 0 amide bonds. The van der Waals surface area contributed by atoms with Crippen molar-refractivity contribution in [2.75, 3.05) is 6.61 Å². The molecule has 0 saturated carbocycles. The predicted molar refractivity (Wildman–Crippen MR) is 57.2 cm³/mol. The van der Waals surface area contributed by atoms with Crippen LogP contribution in [-0.2, 0) is 16.9 Å². The first-order valence-corrected chi connectivity index (χ1v) is 5.91. The summed E-state index contributed by atoms with van der Waals surface area (Å²) < 4.78 is 5.82. The van der Waals surface area contributed by atoms with E-state index in [0.717, 1.165) is 23.7 Å². The van der Waals surface area contributed by atoms with Gasteiger partial charge in [-0.1, -0.05) is 0 Å². The predicted octanol–water partition coefficient (Wildman–Crippen LogP) is 2.02. The summed E-state index contributed by atoms with van der Waals surface area (Å²) in [5, 5.41) is 3.11. The van der Waals surface area contributed by atoms with Crippen LogP contribution >= 0.6 is 11.3 Å². The van der Waals surface area contributed by atoms with E-state index < -0.39 is 0 Å². The van der Waals surface area contributed by atoms with Gasteiger partial charge in [0.15, 0.2) is 0 Å². The number of nitrogens with zero attached hydrogens (tertiary/aromatic N) is 1. The minimum Gasteiger partial charge on any atom is -0.368 e. The molecule has 14 heavy (non-hydrogen) atoms. The molecule has 1 fully saturated rings. The number of thiazole rings is 1. The van der Waals surface area contributed by atoms with Crippen molar-refractivity contribution in [3.63, 3.8) is 0 Å². The SMILES string of the molecule is CC1(c2nc(CN)cs2)CCCCO1. The van der Waals surface area contributed by atoms with Crippen molar-refractivity contribution in [3.05, 3.63) is 16.1 Å². The smallest absolute Gasteiger partial charge is 0.125 e. The molecule has 1 aromatic rings. The van der Waals surface area contributed by atoms with Gasteiger partial charge in [0.05, 0.1) is 5.69 Å². The summed E-state index contributed by atoms with van der Waals surface area (Å²) in [6, 6.07) is 0. The van der Waals surface area contributed by atoms with Crippen molar-refractivity contribution in [3.8, 4) is 0 Å². The second-order valence-corrected chi connectivity index (χ2v) is 4.74. The average Bonchev–Trinajstić information content (AvgIpc) is 2.67. The lowest BCUT2D eigenvalue weighted by Gasteiger charge is -2.31. The average molecular weight is 212 g/mol. The third kappa shape index (κ3) is 1.82. The Kier molecular flexibility index (Phi) is 2.85. The molecule has 2 N–H and O–H groups in total. The molecule has 1 saturated heterocycles. The zero-order chi connectivity index (χ0) is 10.0. The Hall–Kier alpha value is -0.450. The van der Waals surface area contributed by atoms with Gasteiger partial charge in [0.1, 0.15) is 10.6 Å². The first kappa shape index (κ1) is 10.1. The molecule has 0 bridgehead atoms. The topological polar surface area (TPSA) is 48.1 Å². The van der Waals surface area contributed by atoms with Crippen molar-refractivity contribution >= 4 is 11.3 Å². The second-order valence-electron chi connectivity index (χ2n) is 3.88. The van der Waals surface area contributed by atoms with Crippen molar-refractivity contribution < 1.29 is 4.74 Å². The lowest BCUT2D eigenvalue weighted by molar-refractivity contribution is -0.0702. The van der Waals surface area contributed by atoms with Gasteiger partial charge in [-0.3, -0.25) is 0 Å². The van der Waals surface area contributed by atoms with Crippen LogP contribution in [0.5, 0.6) is 0 Å². The molecule has 1 unspecified atom stereocenters. The number of hydrogen-bond donors (Lipinski definition) is 1. The summed E-state index contributed by atoms with van der Waals surface area (Å²) in [6.45, 7) is 3.51. The maximum absolute atomic E-state index is 5.82. The summed E-state index contributed by atoms with van der Waals surface area (Å²) >= 11 is 1.66. The van der Waals surface area contributed by atoms with E-state index in [2.05, 4.69) is 11.9 Å². The molecule has 1 aliphatic rings. The lowest BCUT2D eigenvalue weighted by atomic mass is 9.97. The van der Waals surface area contributed by atoms with Crippen LogP contribution in [0.25, 0.3) is 0 Å². The Morgan fingerprint density at radius 3 is 3.07 bits per heavy atom. The Bertz CT molecular complexity index is 305. The Morgan fingerprint density at radius 2 is 2.50 bits per heavy atom. The Balaban J connectivity index is 2.19. The molecule has 1 atom stereocenters. The first-order chi connectivity index (χ1) is 6.74. The Morgan fingerprint density at radius 1 is 1.64 bits per heavy atom. The summed E-state index contributed by atoms with van der Waals surface area (Å²) in [5.74, 6) is 0. The van der Waals surface area contributed by atoms with Gasteiger partial charge in [0.25, 0.3) is 0 Å². The van der Waals surface area contributed by atoms with E-state index in [1.54, 1.807) is 11.3 Å². The highest BCUT2D eigenvalue weighted by Crippen LogP contribution is 2.36. The van der Waals surface area contributed by atoms with Crippen molar-refractivity contribution in [1.82, 2.24) is 4.98 Å². The molecule has 3 nitrogen and oxygen atoms in total. The molecule has 2 heterocycles. The quantitative estimate of drug-likeness (QED) is 0.816. The van der Waals surface area contributed by atoms with Crippen molar-refractivity contribution in [2.24, 2.45) is 5.73 Å². The third-order valence-electron chi connectivity index (χ3n) is 2.68. The highest BCUT2D eigenvalue weighted by atomic mass is 32.1. The van der Waals surface area contributed by atoms with E-state index in [1.165, 1.54) is 12.8 Å². The van der Waals surface area contributed by atoms with E-state index in [-0.39, 0.29) is 5.60 Å². The maximum atomic E-state index is 5.82. The number of rotatable bonds is 2. The number of aromatic nitrogens is 1. The van der Waals surface area contributed by atoms with Crippen LogP contribution in [-0.4, -0.2) is 11.6 Å². The van der Waals surface area contributed by atoms with Crippen molar-refractivity contribution in [1.29, 1.82) is 0 Å². The fourth-order valence-electron chi connectivity index (χ4n) is 1.75. The number of hydrogen-bond acceptors (Lipinski definition) is 4. The minimum absolute atomic E-state index is 0.156. The van der Waals surface area contributed by atoms with E-state index in [1.807, 2.05) is 5.38 Å². The maximum Gasteiger partial charge on any atom is 0.125 e. The molecule has 78 valence electrons. The molecule has 4 heteroatoms. The molecule has 0 spiro atoms. The standard InChI is InChI=1S/C10H16N2OS/c1-10(4-2-3-5-13-10)9-12-8(6-11)7-14-9/h7H,2-6,11H2,1H3. The van der Waals surface area contributed by atoms with Gasteiger partial charge in [-0.25, -0.2) is 4.98 Å². The molecule has 2 rings (SSSR count). The van der Waals surface area contributed by atoms with E-state index in [0.29, 0.717) is 6.54 Å². The fraction of sp³-hybridized carbons (Fsp3) is 0.700. The molecule has 0 aromatic carbocycles. The molecule has 0 aliphatic carbocycles. The summed E-state index contributed by atoms with van der Waals surface area (Å²) in [5.41, 5.74) is 6.36. The molecule has 1 aromatic heterocycles. The lowest BCUT2D eigenvalue weighted by Crippen LogP contribution is -2.30. The van der Waals surface area contributed by atoms with E-state index in [4.69, 9.17) is 10.5 Å². The zero-order valence-electron chi connectivity index (χ0n) is 8.45. The second kappa shape index (κ2) is 3.96. The van der Waals surface area contributed by atoms with Crippen LogP contribution in [0.1, 0.15) is 36.9 Å². The fourth-order valence-corrected chi connectivity index (χ4v) is 2.72. The molecular weight excluding hydrogens is 196 g/mol. The van der Waals surface area contributed by atoms with E-state index >= 15 is 0 Å². The highest BCUT2D eigenvalue weighted by molar-refractivity contribution is 7.09.